The summed E-state index contributed by atoms with van der Waals surface area (Å²) in [5.74, 6) is -0.100. The molecule has 1 N–H and O–H groups in total. The van der Waals surface area contributed by atoms with E-state index in [1.54, 1.807) is 23.5 Å². The SMILES string of the molecule is O=C(NC[C@@H](c1cccs1)N1CCCCCC1)c1ccccc1Cl. The van der Waals surface area contributed by atoms with Crippen LogP contribution >= 0.6 is 22.9 Å². The summed E-state index contributed by atoms with van der Waals surface area (Å²) >= 11 is 7.90. The van der Waals surface area contributed by atoms with E-state index in [9.17, 15) is 4.79 Å². The molecule has 2 heterocycles. The minimum absolute atomic E-state index is 0.100. The molecule has 24 heavy (non-hydrogen) atoms. The summed E-state index contributed by atoms with van der Waals surface area (Å²) in [6, 6.07) is 11.7. The van der Waals surface area contributed by atoms with E-state index < -0.39 is 0 Å². The summed E-state index contributed by atoms with van der Waals surface area (Å²) in [6.45, 7) is 2.82. The van der Waals surface area contributed by atoms with Crippen LogP contribution in [-0.2, 0) is 0 Å². The third-order valence-electron chi connectivity index (χ3n) is 4.53. The van der Waals surface area contributed by atoms with Crippen molar-refractivity contribution in [1.82, 2.24) is 10.2 Å². The predicted octanol–water partition coefficient (Wildman–Crippen LogP) is 4.75. The molecule has 2 aromatic rings. The Hall–Kier alpha value is -1.36. The fourth-order valence-electron chi connectivity index (χ4n) is 3.23. The first-order valence-corrected chi connectivity index (χ1v) is 9.81. The van der Waals surface area contributed by atoms with E-state index in [-0.39, 0.29) is 11.9 Å². The van der Waals surface area contributed by atoms with E-state index in [0.717, 1.165) is 13.1 Å². The molecule has 0 spiro atoms. The standard InChI is InChI=1S/C19H23ClN2OS/c20-16-9-4-3-8-15(16)19(23)21-14-17(18-10-7-13-24-18)22-11-5-1-2-6-12-22/h3-4,7-10,13,17H,1-2,5-6,11-12,14H2,(H,21,23)/t17-/m0/s1. The summed E-state index contributed by atoms with van der Waals surface area (Å²) in [6.07, 6.45) is 5.08. The summed E-state index contributed by atoms with van der Waals surface area (Å²) in [5, 5.41) is 5.69. The van der Waals surface area contributed by atoms with Gasteiger partial charge in [-0.1, -0.05) is 42.6 Å². The molecule has 0 aliphatic carbocycles. The molecule has 128 valence electrons. The normalized spacial score (nSPS) is 17.2. The minimum atomic E-state index is -0.100. The van der Waals surface area contributed by atoms with Crippen LogP contribution in [0.2, 0.25) is 5.02 Å². The fourth-order valence-corrected chi connectivity index (χ4v) is 4.31. The Labute approximate surface area is 152 Å². The van der Waals surface area contributed by atoms with E-state index in [2.05, 4.69) is 27.7 Å². The van der Waals surface area contributed by atoms with Crippen molar-refractivity contribution in [2.45, 2.75) is 31.7 Å². The summed E-state index contributed by atoms with van der Waals surface area (Å²) < 4.78 is 0. The van der Waals surface area contributed by atoms with E-state index in [4.69, 9.17) is 11.6 Å². The molecule has 1 aromatic heterocycles. The van der Waals surface area contributed by atoms with Crippen molar-refractivity contribution in [2.75, 3.05) is 19.6 Å². The lowest BCUT2D eigenvalue weighted by Gasteiger charge is -2.30. The van der Waals surface area contributed by atoms with E-state index in [0.29, 0.717) is 17.1 Å². The lowest BCUT2D eigenvalue weighted by Crippen LogP contribution is -2.38. The highest BCUT2D eigenvalue weighted by molar-refractivity contribution is 7.10. The molecule has 0 unspecified atom stereocenters. The number of amides is 1. The number of carbonyl (C=O) groups excluding carboxylic acids is 1. The monoisotopic (exact) mass is 362 g/mol. The quantitative estimate of drug-likeness (QED) is 0.832. The molecule has 3 nitrogen and oxygen atoms in total. The van der Waals surface area contributed by atoms with Crippen molar-refractivity contribution >= 4 is 28.8 Å². The first kappa shape index (κ1) is 17.5. The maximum Gasteiger partial charge on any atom is 0.252 e. The summed E-state index contributed by atoms with van der Waals surface area (Å²) in [7, 11) is 0. The van der Waals surface area contributed by atoms with E-state index in [1.165, 1.54) is 30.6 Å². The third-order valence-corrected chi connectivity index (χ3v) is 5.83. The predicted molar refractivity (Wildman–Crippen MR) is 101 cm³/mol. The average Bonchev–Trinajstić information content (AvgIpc) is 2.98. The number of rotatable bonds is 5. The molecule has 1 saturated heterocycles. The molecule has 1 fully saturated rings. The molecule has 1 atom stereocenters. The zero-order chi connectivity index (χ0) is 16.8. The van der Waals surface area contributed by atoms with Crippen LogP contribution in [0.4, 0.5) is 0 Å². The van der Waals surface area contributed by atoms with Gasteiger partial charge in [-0.15, -0.1) is 11.3 Å². The van der Waals surface area contributed by atoms with Crippen molar-refractivity contribution in [3.05, 3.63) is 57.2 Å². The van der Waals surface area contributed by atoms with Gasteiger partial charge in [0.1, 0.15) is 0 Å². The Morgan fingerprint density at radius 3 is 2.54 bits per heavy atom. The highest BCUT2D eigenvalue weighted by atomic mass is 35.5. The largest absolute Gasteiger partial charge is 0.350 e. The van der Waals surface area contributed by atoms with Crippen LogP contribution in [0.1, 0.15) is 47.0 Å². The van der Waals surface area contributed by atoms with Crippen LogP contribution in [0.25, 0.3) is 0 Å². The van der Waals surface area contributed by atoms with Gasteiger partial charge < -0.3 is 5.32 Å². The van der Waals surface area contributed by atoms with Crippen LogP contribution < -0.4 is 5.32 Å². The van der Waals surface area contributed by atoms with Gasteiger partial charge in [0.25, 0.3) is 5.91 Å². The van der Waals surface area contributed by atoms with E-state index in [1.807, 2.05) is 12.1 Å². The second kappa shape index (κ2) is 8.65. The maximum absolute atomic E-state index is 12.5. The van der Waals surface area contributed by atoms with Gasteiger partial charge in [-0.3, -0.25) is 9.69 Å². The molecule has 1 amide bonds. The Balaban J connectivity index is 1.70. The van der Waals surface area contributed by atoms with Crippen LogP contribution in [0, 0.1) is 0 Å². The van der Waals surface area contributed by atoms with Crippen molar-refractivity contribution in [2.24, 2.45) is 0 Å². The van der Waals surface area contributed by atoms with Gasteiger partial charge in [-0.2, -0.15) is 0 Å². The smallest absolute Gasteiger partial charge is 0.252 e. The second-order valence-corrected chi connectivity index (χ2v) is 7.56. The number of halogens is 1. The van der Waals surface area contributed by atoms with Crippen LogP contribution in [-0.4, -0.2) is 30.4 Å². The number of benzene rings is 1. The highest BCUT2D eigenvalue weighted by Crippen LogP contribution is 2.27. The number of thiophene rings is 1. The molecular weight excluding hydrogens is 340 g/mol. The van der Waals surface area contributed by atoms with Crippen molar-refractivity contribution in [3.63, 3.8) is 0 Å². The Morgan fingerprint density at radius 1 is 1.12 bits per heavy atom. The second-order valence-electron chi connectivity index (χ2n) is 6.17. The Morgan fingerprint density at radius 2 is 1.88 bits per heavy atom. The number of carbonyl (C=O) groups is 1. The highest BCUT2D eigenvalue weighted by Gasteiger charge is 2.23. The lowest BCUT2D eigenvalue weighted by atomic mass is 10.1. The zero-order valence-electron chi connectivity index (χ0n) is 13.7. The van der Waals surface area contributed by atoms with Gasteiger partial charge in [0.05, 0.1) is 16.6 Å². The number of hydrogen-bond donors (Lipinski definition) is 1. The van der Waals surface area contributed by atoms with Crippen molar-refractivity contribution in [1.29, 1.82) is 0 Å². The number of nitrogens with zero attached hydrogens (tertiary/aromatic N) is 1. The molecule has 1 aliphatic rings. The lowest BCUT2D eigenvalue weighted by molar-refractivity contribution is 0.0934. The number of likely N-dealkylation sites (tertiary alicyclic amines) is 1. The van der Waals surface area contributed by atoms with Gasteiger partial charge in [0, 0.05) is 11.4 Å². The topological polar surface area (TPSA) is 32.3 Å². The summed E-state index contributed by atoms with van der Waals surface area (Å²) in [4.78, 5) is 16.3. The Kier molecular flexibility index (Phi) is 6.30. The van der Waals surface area contributed by atoms with Gasteiger partial charge in [-0.05, 0) is 49.5 Å². The molecule has 5 heteroatoms. The van der Waals surface area contributed by atoms with E-state index >= 15 is 0 Å². The maximum atomic E-state index is 12.5. The molecule has 0 bridgehead atoms. The molecule has 0 radical (unpaired) electrons. The third kappa shape index (κ3) is 4.38. The average molecular weight is 363 g/mol. The summed E-state index contributed by atoms with van der Waals surface area (Å²) in [5.41, 5.74) is 0.542. The fraction of sp³-hybridized carbons (Fsp3) is 0.421. The van der Waals surface area contributed by atoms with Gasteiger partial charge in [0.15, 0.2) is 0 Å². The first-order valence-electron chi connectivity index (χ1n) is 8.56. The van der Waals surface area contributed by atoms with Crippen molar-refractivity contribution in [3.8, 4) is 0 Å². The number of hydrogen-bond acceptors (Lipinski definition) is 3. The Bertz CT molecular complexity index is 651. The minimum Gasteiger partial charge on any atom is -0.350 e. The first-order chi connectivity index (χ1) is 11.8. The molecular formula is C19H23ClN2OS. The zero-order valence-corrected chi connectivity index (χ0v) is 15.3. The van der Waals surface area contributed by atoms with Crippen molar-refractivity contribution < 1.29 is 4.79 Å². The van der Waals surface area contributed by atoms with Crippen LogP contribution in [0.3, 0.4) is 0 Å². The van der Waals surface area contributed by atoms with Gasteiger partial charge in [0.2, 0.25) is 0 Å². The molecule has 1 aromatic carbocycles. The van der Waals surface area contributed by atoms with Gasteiger partial charge >= 0.3 is 0 Å². The molecule has 3 rings (SSSR count). The molecule has 1 aliphatic heterocycles. The van der Waals surface area contributed by atoms with Crippen LogP contribution in [0.15, 0.2) is 41.8 Å². The number of nitrogens with one attached hydrogen (secondary N) is 1. The van der Waals surface area contributed by atoms with Crippen LogP contribution in [0.5, 0.6) is 0 Å². The molecule has 0 saturated carbocycles. The van der Waals surface area contributed by atoms with Gasteiger partial charge in [-0.25, -0.2) is 0 Å².